The standard InChI is InChI=1S/C13H16N2O4/c1-14-9(3-2-4-12(16)17)8-5-6-10-11(7-8)19-13(18)15-10/h5-7,9,14H,2-4H2,1H3,(H,15,18)(H,16,17). The van der Waals surface area contributed by atoms with Crippen molar-refractivity contribution in [2.24, 2.45) is 0 Å². The summed E-state index contributed by atoms with van der Waals surface area (Å²) in [5, 5.41) is 11.8. The van der Waals surface area contributed by atoms with Crippen LogP contribution >= 0.6 is 0 Å². The largest absolute Gasteiger partial charge is 0.481 e. The molecule has 1 heterocycles. The molecule has 0 spiro atoms. The first-order valence-corrected chi connectivity index (χ1v) is 6.12. The van der Waals surface area contributed by atoms with E-state index in [9.17, 15) is 9.59 Å². The number of aromatic nitrogens is 1. The van der Waals surface area contributed by atoms with Crippen LogP contribution in [0.25, 0.3) is 11.1 Å². The van der Waals surface area contributed by atoms with Gasteiger partial charge in [0.05, 0.1) is 5.52 Å². The van der Waals surface area contributed by atoms with Crippen molar-refractivity contribution in [1.82, 2.24) is 10.3 Å². The van der Waals surface area contributed by atoms with Crippen LogP contribution < -0.4 is 11.1 Å². The van der Waals surface area contributed by atoms with Crippen LogP contribution in [0.2, 0.25) is 0 Å². The third-order valence-corrected chi connectivity index (χ3v) is 3.08. The molecule has 0 saturated heterocycles. The molecule has 1 aromatic carbocycles. The molecule has 2 rings (SSSR count). The lowest BCUT2D eigenvalue weighted by atomic mass is 10.0. The van der Waals surface area contributed by atoms with Crippen molar-refractivity contribution < 1.29 is 14.3 Å². The highest BCUT2D eigenvalue weighted by molar-refractivity contribution is 5.72. The maximum Gasteiger partial charge on any atom is 0.417 e. The van der Waals surface area contributed by atoms with Gasteiger partial charge in [-0.2, -0.15) is 0 Å². The molecule has 0 bridgehead atoms. The van der Waals surface area contributed by atoms with E-state index in [0.717, 1.165) is 5.56 Å². The Balaban J connectivity index is 2.15. The topological polar surface area (TPSA) is 95.3 Å². The lowest BCUT2D eigenvalue weighted by molar-refractivity contribution is -0.137. The number of H-pyrrole nitrogens is 1. The summed E-state index contributed by atoms with van der Waals surface area (Å²) >= 11 is 0. The van der Waals surface area contributed by atoms with Crippen molar-refractivity contribution in [3.8, 4) is 0 Å². The third kappa shape index (κ3) is 3.23. The van der Waals surface area contributed by atoms with Crippen LogP contribution in [-0.4, -0.2) is 23.1 Å². The maximum absolute atomic E-state index is 11.1. The molecule has 1 atom stereocenters. The first-order chi connectivity index (χ1) is 9.10. The molecule has 0 saturated carbocycles. The van der Waals surface area contributed by atoms with Gasteiger partial charge in [0.15, 0.2) is 5.58 Å². The summed E-state index contributed by atoms with van der Waals surface area (Å²) in [6.07, 6.45) is 1.46. The zero-order valence-corrected chi connectivity index (χ0v) is 10.6. The number of hydrogen-bond donors (Lipinski definition) is 3. The van der Waals surface area contributed by atoms with E-state index in [1.54, 1.807) is 12.1 Å². The Kier molecular flexibility index (Phi) is 4.01. The highest BCUT2D eigenvalue weighted by atomic mass is 16.4. The molecular weight excluding hydrogens is 248 g/mol. The first-order valence-electron chi connectivity index (χ1n) is 6.12. The number of aromatic amines is 1. The van der Waals surface area contributed by atoms with Crippen LogP contribution in [0.4, 0.5) is 0 Å². The number of oxazole rings is 1. The molecule has 3 N–H and O–H groups in total. The van der Waals surface area contributed by atoms with Crippen molar-refractivity contribution in [3.05, 3.63) is 34.3 Å². The predicted octanol–water partition coefficient (Wildman–Crippen LogP) is 1.64. The Bertz CT molecular complexity index is 629. The van der Waals surface area contributed by atoms with Gasteiger partial charge in [-0.25, -0.2) is 4.79 Å². The van der Waals surface area contributed by atoms with Gasteiger partial charge in [0.2, 0.25) is 0 Å². The number of nitrogens with one attached hydrogen (secondary N) is 2. The van der Waals surface area contributed by atoms with Gasteiger partial charge < -0.3 is 14.8 Å². The van der Waals surface area contributed by atoms with Crippen molar-refractivity contribution in [2.75, 3.05) is 7.05 Å². The first kappa shape index (κ1) is 13.4. The van der Waals surface area contributed by atoms with E-state index < -0.39 is 11.7 Å². The SMILES string of the molecule is CNC(CCCC(=O)O)c1ccc2[nH]c(=O)oc2c1. The summed E-state index contributed by atoms with van der Waals surface area (Å²) in [6, 6.07) is 5.53. The van der Waals surface area contributed by atoms with E-state index in [2.05, 4.69) is 10.3 Å². The molecule has 102 valence electrons. The molecule has 0 aliphatic rings. The van der Waals surface area contributed by atoms with E-state index in [4.69, 9.17) is 9.52 Å². The minimum atomic E-state index is -0.790. The van der Waals surface area contributed by atoms with Crippen LogP contribution in [0.5, 0.6) is 0 Å². The fourth-order valence-electron chi connectivity index (χ4n) is 2.11. The summed E-state index contributed by atoms with van der Waals surface area (Å²) in [7, 11) is 1.82. The van der Waals surface area contributed by atoms with Crippen LogP contribution in [0, 0.1) is 0 Å². The average molecular weight is 264 g/mol. The molecule has 19 heavy (non-hydrogen) atoms. The minimum Gasteiger partial charge on any atom is -0.481 e. The molecule has 0 aliphatic carbocycles. The summed E-state index contributed by atoms with van der Waals surface area (Å²) < 4.78 is 5.01. The number of rotatable bonds is 6. The van der Waals surface area contributed by atoms with Crippen molar-refractivity contribution in [2.45, 2.75) is 25.3 Å². The second-order valence-electron chi connectivity index (χ2n) is 4.40. The van der Waals surface area contributed by atoms with E-state index in [1.165, 1.54) is 0 Å². The molecule has 2 aromatic rings. The molecular formula is C13H16N2O4. The van der Waals surface area contributed by atoms with Crippen molar-refractivity contribution in [3.63, 3.8) is 0 Å². The van der Waals surface area contributed by atoms with E-state index in [-0.39, 0.29) is 12.5 Å². The van der Waals surface area contributed by atoms with Gasteiger partial charge in [-0.05, 0) is 37.6 Å². The number of hydrogen-bond acceptors (Lipinski definition) is 4. The minimum absolute atomic E-state index is 0.0453. The van der Waals surface area contributed by atoms with Crippen LogP contribution in [0.1, 0.15) is 30.9 Å². The van der Waals surface area contributed by atoms with Gasteiger partial charge in [0.25, 0.3) is 0 Å². The van der Waals surface area contributed by atoms with Gasteiger partial charge >= 0.3 is 11.7 Å². The second kappa shape index (κ2) is 5.71. The number of fused-ring (bicyclic) bond motifs is 1. The summed E-state index contributed by atoms with van der Waals surface area (Å²) in [5.41, 5.74) is 2.15. The Morgan fingerprint density at radius 2 is 2.32 bits per heavy atom. The van der Waals surface area contributed by atoms with Crippen LogP contribution in [-0.2, 0) is 4.79 Å². The summed E-state index contributed by atoms with van der Waals surface area (Å²) in [6.45, 7) is 0. The normalized spacial score (nSPS) is 12.7. The van der Waals surface area contributed by atoms with E-state index >= 15 is 0 Å². The zero-order valence-electron chi connectivity index (χ0n) is 10.6. The van der Waals surface area contributed by atoms with Gasteiger partial charge in [0, 0.05) is 12.5 Å². The van der Waals surface area contributed by atoms with Crippen LogP contribution in [0.15, 0.2) is 27.4 Å². The number of carbonyl (C=O) groups is 1. The third-order valence-electron chi connectivity index (χ3n) is 3.08. The maximum atomic E-state index is 11.1. The molecule has 1 unspecified atom stereocenters. The smallest absolute Gasteiger partial charge is 0.417 e. The number of benzene rings is 1. The molecule has 0 aliphatic heterocycles. The molecule has 6 heteroatoms. The monoisotopic (exact) mass is 264 g/mol. The number of carboxylic acid groups (broad SMARTS) is 1. The quantitative estimate of drug-likeness (QED) is 0.737. The molecule has 1 aromatic heterocycles. The van der Waals surface area contributed by atoms with Gasteiger partial charge in [-0.15, -0.1) is 0 Å². The fraction of sp³-hybridized carbons (Fsp3) is 0.385. The average Bonchev–Trinajstić information content (AvgIpc) is 2.73. The van der Waals surface area contributed by atoms with E-state index in [0.29, 0.717) is 23.9 Å². The second-order valence-corrected chi connectivity index (χ2v) is 4.40. The Morgan fingerprint density at radius 1 is 1.53 bits per heavy atom. The molecule has 6 nitrogen and oxygen atoms in total. The number of aliphatic carboxylic acids is 1. The highest BCUT2D eigenvalue weighted by Crippen LogP contribution is 2.22. The highest BCUT2D eigenvalue weighted by Gasteiger charge is 2.12. The summed E-state index contributed by atoms with van der Waals surface area (Å²) in [4.78, 5) is 24.2. The number of carboxylic acids is 1. The Hall–Kier alpha value is -2.08. The Morgan fingerprint density at radius 3 is 3.00 bits per heavy atom. The summed E-state index contributed by atoms with van der Waals surface area (Å²) in [5.74, 6) is -1.26. The van der Waals surface area contributed by atoms with E-state index in [1.807, 2.05) is 13.1 Å². The van der Waals surface area contributed by atoms with Gasteiger partial charge in [0.1, 0.15) is 0 Å². The fourth-order valence-corrected chi connectivity index (χ4v) is 2.11. The zero-order chi connectivity index (χ0) is 13.8. The molecule has 0 amide bonds. The predicted molar refractivity (Wildman–Crippen MR) is 70.1 cm³/mol. The lowest BCUT2D eigenvalue weighted by Gasteiger charge is -2.15. The van der Waals surface area contributed by atoms with Gasteiger partial charge in [-0.3, -0.25) is 9.78 Å². The molecule has 0 fully saturated rings. The lowest BCUT2D eigenvalue weighted by Crippen LogP contribution is -2.16. The Labute approximate surface area is 109 Å². The van der Waals surface area contributed by atoms with Gasteiger partial charge in [-0.1, -0.05) is 6.07 Å². The van der Waals surface area contributed by atoms with Crippen molar-refractivity contribution in [1.29, 1.82) is 0 Å². The molecule has 0 radical (unpaired) electrons. The van der Waals surface area contributed by atoms with Crippen molar-refractivity contribution >= 4 is 17.1 Å². The van der Waals surface area contributed by atoms with Crippen LogP contribution in [0.3, 0.4) is 0 Å².